The zero-order chi connectivity index (χ0) is 17.1. The highest BCUT2D eigenvalue weighted by Gasteiger charge is 2.19. The van der Waals surface area contributed by atoms with E-state index in [9.17, 15) is 4.79 Å². The number of nitrogens with one attached hydrogen (secondary N) is 1. The summed E-state index contributed by atoms with van der Waals surface area (Å²) in [6.07, 6.45) is 1.67. The number of ether oxygens (including phenoxy) is 1. The second-order valence-corrected chi connectivity index (χ2v) is 6.99. The fourth-order valence-electron chi connectivity index (χ4n) is 2.64. The van der Waals surface area contributed by atoms with E-state index < -0.39 is 0 Å². The average molecular weight is 405 g/mol. The molecular formula is C18H17BrN2O2S. The molecule has 1 aromatic carbocycles. The van der Waals surface area contributed by atoms with E-state index >= 15 is 0 Å². The number of thiophene rings is 1. The van der Waals surface area contributed by atoms with E-state index in [-0.39, 0.29) is 5.91 Å². The normalized spacial score (nSPS) is 10.8. The quantitative estimate of drug-likeness (QED) is 0.617. The maximum Gasteiger partial charge on any atom is 0.268 e. The first kappa shape index (κ1) is 16.8. The molecule has 3 aromatic rings. The van der Waals surface area contributed by atoms with Crippen LogP contribution in [0.5, 0.6) is 5.75 Å². The van der Waals surface area contributed by atoms with Crippen LogP contribution < -0.4 is 10.1 Å². The van der Waals surface area contributed by atoms with E-state index in [2.05, 4.69) is 27.8 Å². The Bertz CT molecular complexity index is 898. The Morgan fingerprint density at radius 1 is 1.46 bits per heavy atom. The molecule has 0 aliphatic rings. The number of hydrogen-bond acceptors (Lipinski definition) is 3. The topological polar surface area (TPSA) is 43.3 Å². The molecule has 0 saturated carbocycles. The molecule has 2 heterocycles. The summed E-state index contributed by atoms with van der Waals surface area (Å²) in [5.74, 6) is 0.697. The molecule has 24 heavy (non-hydrogen) atoms. The van der Waals surface area contributed by atoms with Crippen molar-refractivity contribution in [3.63, 3.8) is 0 Å². The zero-order valence-corrected chi connectivity index (χ0v) is 15.6. The monoisotopic (exact) mass is 404 g/mol. The number of methoxy groups -OCH3 is 1. The first-order chi connectivity index (χ1) is 11.7. The molecule has 2 aromatic heterocycles. The molecule has 0 saturated heterocycles. The number of hydrogen-bond donors (Lipinski definition) is 1. The molecule has 0 bridgehead atoms. The van der Waals surface area contributed by atoms with Crippen LogP contribution >= 0.6 is 27.3 Å². The minimum atomic E-state index is -0.111. The number of fused-ring (bicyclic) bond motifs is 1. The zero-order valence-electron chi connectivity index (χ0n) is 13.2. The van der Waals surface area contributed by atoms with E-state index in [1.807, 2.05) is 40.3 Å². The molecule has 0 aliphatic carbocycles. The Balaban J connectivity index is 2.08. The molecule has 0 unspecified atom stereocenters. The number of nitrogens with zero attached hydrogens (tertiary/aromatic N) is 1. The lowest BCUT2D eigenvalue weighted by molar-refractivity contribution is 0.0949. The van der Waals surface area contributed by atoms with Gasteiger partial charge in [-0.05, 0) is 28.1 Å². The summed E-state index contributed by atoms with van der Waals surface area (Å²) in [5.41, 5.74) is 2.67. The van der Waals surface area contributed by atoms with Gasteiger partial charge in [0.25, 0.3) is 5.91 Å². The Kier molecular flexibility index (Phi) is 5.06. The molecule has 0 radical (unpaired) electrons. The number of amides is 1. The minimum Gasteiger partial charge on any atom is -0.496 e. The van der Waals surface area contributed by atoms with Gasteiger partial charge in [-0.3, -0.25) is 4.79 Å². The van der Waals surface area contributed by atoms with Crippen molar-refractivity contribution in [2.75, 3.05) is 13.7 Å². The second-order valence-electron chi connectivity index (χ2n) is 5.22. The predicted octanol–water partition coefficient (Wildman–Crippen LogP) is 4.44. The third-order valence-corrected chi connectivity index (χ3v) is 5.56. The first-order valence-electron chi connectivity index (χ1n) is 7.43. The SMILES string of the molecule is C=CCNC(=O)c1cc2scc(Br)c2n1Cc1ccccc1OC. The Morgan fingerprint density at radius 3 is 3.00 bits per heavy atom. The van der Waals surface area contributed by atoms with E-state index in [1.165, 1.54) is 0 Å². The Labute approximate surface area is 152 Å². The highest BCUT2D eigenvalue weighted by molar-refractivity contribution is 9.10. The third-order valence-electron chi connectivity index (χ3n) is 3.74. The number of rotatable bonds is 6. The lowest BCUT2D eigenvalue weighted by Crippen LogP contribution is -2.26. The fourth-order valence-corrected chi connectivity index (χ4v) is 4.34. The van der Waals surface area contributed by atoms with Gasteiger partial charge in [0.2, 0.25) is 0 Å². The molecule has 0 aliphatic heterocycles. The number of para-hydroxylation sites is 1. The van der Waals surface area contributed by atoms with E-state index in [0.717, 1.165) is 26.0 Å². The van der Waals surface area contributed by atoms with Crippen LogP contribution in [0.2, 0.25) is 0 Å². The van der Waals surface area contributed by atoms with Gasteiger partial charge < -0.3 is 14.6 Å². The minimum absolute atomic E-state index is 0.111. The van der Waals surface area contributed by atoms with Crippen molar-refractivity contribution in [1.29, 1.82) is 0 Å². The summed E-state index contributed by atoms with van der Waals surface area (Å²) in [7, 11) is 1.66. The predicted molar refractivity (Wildman–Crippen MR) is 102 cm³/mol. The largest absolute Gasteiger partial charge is 0.496 e. The van der Waals surface area contributed by atoms with Crippen LogP contribution in [0.25, 0.3) is 10.2 Å². The van der Waals surface area contributed by atoms with Crippen LogP contribution in [0.1, 0.15) is 16.1 Å². The first-order valence-corrected chi connectivity index (χ1v) is 9.10. The van der Waals surface area contributed by atoms with Gasteiger partial charge in [0.1, 0.15) is 11.4 Å². The smallest absolute Gasteiger partial charge is 0.268 e. The highest BCUT2D eigenvalue weighted by atomic mass is 79.9. The molecule has 4 nitrogen and oxygen atoms in total. The van der Waals surface area contributed by atoms with Gasteiger partial charge in [-0.2, -0.15) is 0 Å². The van der Waals surface area contributed by atoms with Crippen LogP contribution in [-0.2, 0) is 6.54 Å². The van der Waals surface area contributed by atoms with Gasteiger partial charge in [0.15, 0.2) is 0 Å². The molecule has 0 fully saturated rings. The molecule has 3 rings (SSSR count). The van der Waals surface area contributed by atoms with Crippen LogP contribution in [0.4, 0.5) is 0 Å². The lowest BCUT2D eigenvalue weighted by Gasteiger charge is -2.13. The molecule has 6 heteroatoms. The number of benzene rings is 1. The van der Waals surface area contributed by atoms with E-state index in [0.29, 0.717) is 18.8 Å². The fraction of sp³-hybridized carbons (Fsp3) is 0.167. The van der Waals surface area contributed by atoms with Gasteiger partial charge >= 0.3 is 0 Å². The summed E-state index contributed by atoms with van der Waals surface area (Å²) in [5, 5.41) is 4.89. The second kappa shape index (κ2) is 7.23. The molecule has 0 atom stereocenters. The number of carbonyl (C=O) groups is 1. The van der Waals surface area contributed by atoms with Crippen LogP contribution in [0.15, 0.2) is 52.8 Å². The van der Waals surface area contributed by atoms with E-state index in [4.69, 9.17) is 4.74 Å². The molecule has 1 amide bonds. The van der Waals surface area contributed by atoms with E-state index in [1.54, 1.807) is 24.5 Å². The Morgan fingerprint density at radius 2 is 2.25 bits per heavy atom. The Hall–Kier alpha value is -2.05. The van der Waals surface area contributed by atoms with Crippen molar-refractivity contribution in [3.05, 3.63) is 64.1 Å². The van der Waals surface area contributed by atoms with Crippen molar-refractivity contribution in [2.24, 2.45) is 0 Å². The van der Waals surface area contributed by atoms with Gasteiger partial charge in [-0.1, -0.05) is 24.3 Å². The average Bonchev–Trinajstić information content (AvgIpc) is 3.14. The summed E-state index contributed by atoms with van der Waals surface area (Å²) in [6, 6.07) is 9.77. The number of halogens is 1. The van der Waals surface area contributed by atoms with Crippen molar-refractivity contribution >= 4 is 43.4 Å². The standard InChI is InChI=1S/C18H17BrN2O2S/c1-3-8-20-18(22)14-9-16-17(13(19)11-24-16)21(14)10-12-6-4-5-7-15(12)23-2/h3-7,9,11H,1,8,10H2,2H3,(H,20,22). The van der Waals surface area contributed by atoms with Crippen molar-refractivity contribution < 1.29 is 9.53 Å². The summed E-state index contributed by atoms with van der Waals surface area (Å²) >= 11 is 5.20. The van der Waals surface area contributed by atoms with Crippen LogP contribution in [-0.4, -0.2) is 24.1 Å². The summed E-state index contributed by atoms with van der Waals surface area (Å²) < 4.78 is 9.52. The highest BCUT2D eigenvalue weighted by Crippen LogP contribution is 2.34. The van der Waals surface area contributed by atoms with Gasteiger partial charge in [-0.15, -0.1) is 17.9 Å². The van der Waals surface area contributed by atoms with Crippen molar-refractivity contribution in [1.82, 2.24) is 9.88 Å². The molecule has 1 N–H and O–H groups in total. The summed E-state index contributed by atoms with van der Waals surface area (Å²) in [6.45, 7) is 4.64. The molecular weight excluding hydrogens is 388 g/mol. The van der Waals surface area contributed by atoms with Crippen molar-refractivity contribution in [2.45, 2.75) is 6.54 Å². The summed E-state index contributed by atoms with van der Waals surface area (Å²) in [4.78, 5) is 12.5. The van der Waals surface area contributed by atoms with Gasteiger partial charge in [0.05, 0.1) is 28.3 Å². The molecule has 0 spiro atoms. The van der Waals surface area contributed by atoms with Gasteiger partial charge in [-0.25, -0.2) is 0 Å². The van der Waals surface area contributed by atoms with Crippen LogP contribution in [0, 0.1) is 0 Å². The van der Waals surface area contributed by atoms with Crippen molar-refractivity contribution in [3.8, 4) is 5.75 Å². The third kappa shape index (κ3) is 3.12. The van der Waals surface area contributed by atoms with Gasteiger partial charge in [0, 0.05) is 17.5 Å². The maximum atomic E-state index is 12.5. The number of aromatic nitrogens is 1. The maximum absolute atomic E-state index is 12.5. The molecule has 124 valence electrons. The number of carbonyl (C=O) groups excluding carboxylic acids is 1. The van der Waals surface area contributed by atoms with Crippen LogP contribution in [0.3, 0.4) is 0 Å². The lowest BCUT2D eigenvalue weighted by atomic mass is 10.2.